The lowest BCUT2D eigenvalue weighted by Gasteiger charge is -2.08. The molecule has 1 heterocycles. The minimum atomic E-state index is 0.853. The van der Waals surface area contributed by atoms with E-state index in [9.17, 15) is 0 Å². The molecule has 4 heteroatoms. The van der Waals surface area contributed by atoms with E-state index in [4.69, 9.17) is 0 Å². The van der Waals surface area contributed by atoms with E-state index in [1.807, 2.05) is 0 Å². The Hall–Kier alpha value is -0.490. The first-order valence-corrected chi connectivity index (χ1v) is 7.40. The Labute approximate surface area is 124 Å². The van der Waals surface area contributed by atoms with Gasteiger partial charge in [-0.2, -0.15) is 0 Å². The van der Waals surface area contributed by atoms with Crippen molar-refractivity contribution in [3.63, 3.8) is 0 Å². The van der Waals surface area contributed by atoms with Gasteiger partial charge in [0.2, 0.25) is 0 Å². The van der Waals surface area contributed by atoms with Crippen LogP contribution in [0.4, 0.5) is 5.69 Å². The van der Waals surface area contributed by atoms with Crippen LogP contribution in [-0.4, -0.2) is 4.57 Å². The van der Waals surface area contributed by atoms with Crippen LogP contribution in [0.15, 0.2) is 41.1 Å². The molecule has 1 N–H and O–H groups in total. The van der Waals surface area contributed by atoms with Crippen molar-refractivity contribution in [1.29, 1.82) is 0 Å². The fourth-order valence-electron chi connectivity index (χ4n) is 1.62. The number of halogens is 2. The van der Waals surface area contributed by atoms with Gasteiger partial charge < -0.3 is 9.88 Å². The van der Waals surface area contributed by atoms with E-state index >= 15 is 0 Å². The number of aryl methyl sites for hydroxylation is 1. The topological polar surface area (TPSA) is 17.0 Å². The van der Waals surface area contributed by atoms with Crippen molar-refractivity contribution in [2.75, 3.05) is 5.32 Å². The first kappa shape index (κ1) is 13.0. The molecule has 17 heavy (non-hydrogen) atoms. The van der Waals surface area contributed by atoms with Crippen molar-refractivity contribution in [3.8, 4) is 0 Å². The number of hydrogen-bond donors (Lipinski definition) is 1. The molecular weight excluding hydrogens is 391 g/mol. The first-order chi connectivity index (χ1) is 8.19. The quantitative estimate of drug-likeness (QED) is 0.743. The molecule has 0 aliphatic carbocycles. The second-order valence-electron chi connectivity index (χ2n) is 3.83. The summed E-state index contributed by atoms with van der Waals surface area (Å²) in [7, 11) is 0. The predicted molar refractivity (Wildman–Crippen MR) is 84.3 cm³/mol. The van der Waals surface area contributed by atoms with Crippen molar-refractivity contribution in [3.05, 3.63) is 50.3 Å². The smallest absolute Gasteiger partial charge is 0.0497 e. The van der Waals surface area contributed by atoms with E-state index in [1.54, 1.807) is 0 Å². The van der Waals surface area contributed by atoms with Crippen LogP contribution in [0.25, 0.3) is 0 Å². The van der Waals surface area contributed by atoms with Crippen LogP contribution in [0.3, 0.4) is 0 Å². The molecule has 0 amide bonds. The molecule has 1 aromatic heterocycles. The standard InChI is InChI=1S/C13H14BrIN2/c1-2-17-6-5-10(9-17)8-16-13-7-11(15)3-4-12(13)14/h3-7,9,16H,2,8H2,1H3. The minimum absolute atomic E-state index is 0.853. The highest BCUT2D eigenvalue weighted by Gasteiger charge is 2.01. The summed E-state index contributed by atoms with van der Waals surface area (Å²) in [4.78, 5) is 0. The molecule has 0 aliphatic rings. The molecule has 2 aromatic rings. The van der Waals surface area contributed by atoms with Crippen LogP contribution in [0.2, 0.25) is 0 Å². The van der Waals surface area contributed by atoms with E-state index in [2.05, 4.69) is 92.0 Å². The molecule has 2 nitrogen and oxygen atoms in total. The van der Waals surface area contributed by atoms with Gasteiger partial charge in [-0.25, -0.2) is 0 Å². The lowest BCUT2D eigenvalue weighted by molar-refractivity contribution is 0.766. The number of aromatic nitrogens is 1. The van der Waals surface area contributed by atoms with Crippen LogP contribution >= 0.6 is 38.5 Å². The second-order valence-corrected chi connectivity index (χ2v) is 5.93. The average Bonchev–Trinajstić information content (AvgIpc) is 2.78. The average molecular weight is 405 g/mol. The highest BCUT2D eigenvalue weighted by atomic mass is 127. The Morgan fingerprint density at radius 3 is 2.88 bits per heavy atom. The van der Waals surface area contributed by atoms with Crippen LogP contribution in [0.5, 0.6) is 0 Å². The zero-order chi connectivity index (χ0) is 12.3. The fourth-order valence-corrected chi connectivity index (χ4v) is 2.50. The number of nitrogens with one attached hydrogen (secondary N) is 1. The lowest BCUT2D eigenvalue weighted by atomic mass is 10.3. The summed E-state index contributed by atoms with van der Waals surface area (Å²) in [5.41, 5.74) is 2.44. The van der Waals surface area contributed by atoms with E-state index in [-0.39, 0.29) is 0 Å². The molecule has 2 rings (SSSR count). The van der Waals surface area contributed by atoms with Gasteiger partial charge in [0, 0.05) is 39.2 Å². The van der Waals surface area contributed by atoms with Gasteiger partial charge >= 0.3 is 0 Å². The molecule has 90 valence electrons. The Kier molecular flexibility index (Phi) is 4.50. The maximum atomic E-state index is 3.55. The van der Waals surface area contributed by atoms with Gasteiger partial charge in [-0.05, 0) is 75.3 Å². The van der Waals surface area contributed by atoms with Crippen molar-refractivity contribution in [2.24, 2.45) is 0 Å². The van der Waals surface area contributed by atoms with Gasteiger partial charge in [0.15, 0.2) is 0 Å². The zero-order valence-corrected chi connectivity index (χ0v) is 13.3. The first-order valence-electron chi connectivity index (χ1n) is 5.52. The summed E-state index contributed by atoms with van der Waals surface area (Å²) in [5.74, 6) is 0. The Balaban J connectivity index is 2.04. The van der Waals surface area contributed by atoms with E-state index in [0.29, 0.717) is 0 Å². The predicted octanol–water partition coefficient (Wildman–Crippen LogP) is 4.49. The van der Waals surface area contributed by atoms with E-state index in [1.165, 1.54) is 9.13 Å². The molecule has 0 aliphatic heterocycles. The van der Waals surface area contributed by atoms with Gasteiger partial charge in [-0.3, -0.25) is 0 Å². The van der Waals surface area contributed by atoms with Gasteiger partial charge in [0.05, 0.1) is 0 Å². The Morgan fingerprint density at radius 1 is 1.35 bits per heavy atom. The summed E-state index contributed by atoms with van der Waals surface area (Å²) >= 11 is 5.87. The lowest BCUT2D eigenvalue weighted by Crippen LogP contribution is -1.99. The van der Waals surface area contributed by atoms with Crippen molar-refractivity contribution < 1.29 is 0 Å². The van der Waals surface area contributed by atoms with Crippen molar-refractivity contribution >= 4 is 44.2 Å². The largest absolute Gasteiger partial charge is 0.380 e. The van der Waals surface area contributed by atoms with E-state index in [0.717, 1.165) is 23.2 Å². The molecule has 0 atom stereocenters. The van der Waals surface area contributed by atoms with Crippen LogP contribution in [-0.2, 0) is 13.1 Å². The normalized spacial score (nSPS) is 10.5. The van der Waals surface area contributed by atoms with E-state index < -0.39 is 0 Å². The van der Waals surface area contributed by atoms with Gasteiger partial charge in [-0.15, -0.1) is 0 Å². The number of hydrogen-bond acceptors (Lipinski definition) is 1. The third-order valence-corrected chi connectivity index (χ3v) is 3.95. The third-order valence-electron chi connectivity index (χ3n) is 2.59. The molecule has 0 saturated carbocycles. The molecule has 1 aromatic carbocycles. The van der Waals surface area contributed by atoms with Gasteiger partial charge in [-0.1, -0.05) is 0 Å². The maximum absolute atomic E-state index is 3.55. The van der Waals surface area contributed by atoms with Gasteiger partial charge in [0.25, 0.3) is 0 Å². The molecule has 0 spiro atoms. The third kappa shape index (κ3) is 3.48. The molecule has 0 fully saturated rings. The summed E-state index contributed by atoms with van der Waals surface area (Å²) in [5, 5.41) is 3.44. The van der Waals surface area contributed by atoms with Crippen LogP contribution < -0.4 is 5.32 Å². The Bertz CT molecular complexity index is 508. The molecule has 0 unspecified atom stereocenters. The highest BCUT2D eigenvalue weighted by molar-refractivity contribution is 14.1. The van der Waals surface area contributed by atoms with Crippen molar-refractivity contribution in [1.82, 2.24) is 4.57 Å². The second kappa shape index (κ2) is 5.91. The SMILES string of the molecule is CCn1ccc(CNc2cc(I)ccc2Br)c1. The minimum Gasteiger partial charge on any atom is -0.380 e. The van der Waals surface area contributed by atoms with Crippen LogP contribution in [0, 0.1) is 3.57 Å². The highest BCUT2D eigenvalue weighted by Crippen LogP contribution is 2.24. The van der Waals surface area contributed by atoms with Crippen molar-refractivity contribution in [2.45, 2.75) is 20.0 Å². The maximum Gasteiger partial charge on any atom is 0.0497 e. The summed E-state index contributed by atoms with van der Waals surface area (Å²) < 4.78 is 4.52. The number of rotatable bonds is 4. The van der Waals surface area contributed by atoms with Gasteiger partial charge in [0.1, 0.15) is 0 Å². The summed E-state index contributed by atoms with van der Waals surface area (Å²) in [6.45, 7) is 4.02. The molecule has 0 saturated heterocycles. The zero-order valence-electron chi connectivity index (χ0n) is 9.58. The molecule has 0 bridgehead atoms. The van der Waals surface area contributed by atoms with Crippen LogP contribution in [0.1, 0.15) is 12.5 Å². The number of nitrogens with zero attached hydrogens (tertiary/aromatic N) is 1. The summed E-state index contributed by atoms with van der Waals surface area (Å²) in [6.07, 6.45) is 4.29. The number of benzene rings is 1. The fraction of sp³-hybridized carbons (Fsp3) is 0.231. The number of anilines is 1. The summed E-state index contributed by atoms with van der Waals surface area (Å²) in [6, 6.07) is 8.45. The Morgan fingerprint density at radius 2 is 2.18 bits per heavy atom. The molecular formula is C13H14BrIN2. The molecule has 0 radical (unpaired) electrons. The monoisotopic (exact) mass is 404 g/mol.